The van der Waals surface area contributed by atoms with E-state index in [1.807, 2.05) is 6.07 Å². The van der Waals surface area contributed by atoms with E-state index in [1.165, 1.54) is 5.56 Å². The molecule has 5 rings (SSSR count). The average molecular weight is 465 g/mol. The van der Waals surface area contributed by atoms with Crippen molar-refractivity contribution < 1.29 is 18.7 Å². The van der Waals surface area contributed by atoms with Crippen LogP contribution in [0, 0.1) is 5.82 Å². The zero-order valence-electron chi connectivity index (χ0n) is 18.4. The van der Waals surface area contributed by atoms with E-state index in [0.29, 0.717) is 19.0 Å². The molecule has 0 radical (unpaired) electrons. The first kappa shape index (κ1) is 22.1. The summed E-state index contributed by atoms with van der Waals surface area (Å²) in [5.41, 5.74) is 3.65. The molecule has 0 atom stereocenters. The molecule has 0 amide bonds. The van der Waals surface area contributed by atoms with E-state index < -0.39 is 5.60 Å². The lowest BCUT2D eigenvalue weighted by Gasteiger charge is -2.36. The van der Waals surface area contributed by atoms with E-state index in [0.717, 1.165) is 52.3 Å². The molecule has 0 spiro atoms. The average Bonchev–Trinajstić information content (AvgIpc) is 3.25. The number of halogens is 1. The maximum absolute atomic E-state index is 14.6. The summed E-state index contributed by atoms with van der Waals surface area (Å²) < 4.78 is 25.9. The van der Waals surface area contributed by atoms with Crippen molar-refractivity contribution >= 4 is 17.5 Å². The summed E-state index contributed by atoms with van der Waals surface area (Å²) in [6.07, 6.45) is 6.53. The number of rotatable bonds is 6. The van der Waals surface area contributed by atoms with E-state index in [4.69, 9.17) is 14.3 Å². The number of aromatic nitrogens is 1. The Labute approximate surface area is 197 Å². The Morgan fingerprint density at radius 2 is 1.82 bits per heavy atom. The molecule has 0 bridgehead atoms. The van der Waals surface area contributed by atoms with Crippen LogP contribution >= 0.6 is 11.8 Å². The van der Waals surface area contributed by atoms with Crippen LogP contribution in [0.2, 0.25) is 0 Å². The first-order valence-electron chi connectivity index (χ1n) is 11.0. The Morgan fingerprint density at radius 3 is 2.61 bits per heavy atom. The summed E-state index contributed by atoms with van der Waals surface area (Å²) in [4.78, 5) is 11.5. The predicted octanol–water partition coefficient (Wildman–Crippen LogP) is 5.75. The van der Waals surface area contributed by atoms with Crippen LogP contribution in [0.3, 0.4) is 0 Å². The second-order valence-corrected chi connectivity index (χ2v) is 9.37. The molecule has 0 N–H and O–H groups in total. The molecule has 2 aliphatic rings. The normalized spacial score (nSPS) is 18.3. The van der Waals surface area contributed by atoms with Crippen molar-refractivity contribution in [1.29, 1.82) is 0 Å². The lowest BCUT2D eigenvalue weighted by molar-refractivity contribution is -0.0950. The highest BCUT2D eigenvalue weighted by atomic mass is 32.2. The van der Waals surface area contributed by atoms with Crippen LogP contribution in [0.4, 0.5) is 4.39 Å². The largest absolute Gasteiger partial charge is 0.381 e. The van der Waals surface area contributed by atoms with E-state index in [-0.39, 0.29) is 5.82 Å². The molecule has 33 heavy (non-hydrogen) atoms. The Balaban J connectivity index is 1.35. The van der Waals surface area contributed by atoms with Crippen molar-refractivity contribution in [3.05, 3.63) is 83.4 Å². The van der Waals surface area contributed by atoms with Gasteiger partial charge >= 0.3 is 0 Å². The molecule has 2 heterocycles. The van der Waals surface area contributed by atoms with Crippen molar-refractivity contribution in [2.24, 2.45) is 5.16 Å². The van der Waals surface area contributed by atoms with Crippen molar-refractivity contribution in [3.63, 3.8) is 0 Å². The number of hydrogen-bond acceptors (Lipinski definition) is 6. The topological polar surface area (TPSA) is 52.9 Å². The van der Waals surface area contributed by atoms with Crippen molar-refractivity contribution in [2.75, 3.05) is 20.3 Å². The van der Waals surface area contributed by atoms with Crippen LogP contribution in [-0.2, 0) is 21.5 Å². The van der Waals surface area contributed by atoms with E-state index in [1.54, 1.807) is 55.5 Å². The molecule has 0 saturated carbocycles. The van der Waals surface area contributed by atoms with Crippen LogP contribution in [0.25, 0.3) is 0 Å². The fraction of sp³-hybridized carbons (Fsp3) is 0.308. The molecule has 1 aliphatic heterocycles. The fourth-order valence-electron chi connectivity index (χ4n) is 4.44. The summed E-state index contributed by atoms with van der Waals surface area (Å²) in [6, 6.07) is 15.1. The van der Waals surface area contributed by atoms with Gasteiger partial charge in [-0.2, -0.15) is 0 Å². The van der Waals surface area contributed by atoms with Gasteiger partial charge in [-0.25, -0.2) is 4.39 Å². The first-order valence-corrected chi connectivity index (χ1v) is 11.9. The summed E-state index contributed by atoms with van der Waals surface area (Å²) in [5.74, 6) is 0.417. The van der Waals surface area contributed by atoms with E-state index in [9.17, 15) is 4.39 Å². The van der Waals surface area contributed by atoms with E-state index in [2.05, 4.69) is 28.3 Å². The molecular weight excluding hydrogens is 439 g/mol. The molecule has 0 unspecified atom stereocenters. The zero-order chi connectivity index (χ0) is 22.7. The van der Waals surface area contributed by atoms with Crippen LogP contribution in [0.15, 0.2) is 75.9 Å². The number of aryl methyl sites for hydroxylation is 1. The zero-order valence-corrected chi connectivity index (χ0v) is 19.2. The highest BCUT2D eigenvalue weighted by molar-refractivity contribution is 7.99. The number of hydrogen-bond donors (Lipinski definition) is 0. The quantitative estimate of drug-likeness (QED) is 0.435. The van der Waals surface area contributed by atoms with Crippen LogP contribution in [0.5, 0.6) is 5.75 Å². The molecule has 170 valence electrons. The third-order valence-corrected chi connectivity index (χ3v) is 7.22. The van der Waals surface area contributed by atoms with Crippen molar-refractivity contribution in [1.82, 2.24) is 4.98 Å². The van der Waals surface area contributed by atoms with Crippen LogP contribution in [0.1, 0.15) is 36.0 Å². The number of oxime groups is 1. The minimum atomic E-state index is -0.492. The van der Waals surface area contributed by atoms with Crippen molar-refractivity contribution in [2.45, 2.75) is 41.1 Å². The fourth-order valence-corrected chi connectivity index (χ4v) is 5.41. The summed E-state index contributed by atoms with van der Waals surface area (Å²) >= 11 is 1.56. The Morgan fingerprint density at radius 1 is 1.00 bits per heavy atom. The van der Waals surface area contributed by atoms with Gasteiger partial charge in [-0.15, -0.1) is 0 Å². The highest BCUT2D eigenvalue weighted by Gasteiger charge is 2.35. The van der Waals surface area contributed by atoms with Gasteiger partial charge in [0.15, 0.2) is 5.75 Å². The SMILES string of the molecule is COC1(c2cc(F)cc(Sc3ccc4c(c3)CC/C4=N\Oc3ccncc3)c2)CCOCC1. The highest BCUT2D eigenvalue weighted by Crippen LogP contribution is 2.39. The lowest BCUT2D eigenvalue weighted by Crippen LogP contribution is -2.35. The van der Waals surface area contributed by atoms with Gasteiger partial charge < -0.3 is 14.3 Å². The second kappa shape index (κ2) is 9.63. The number of benzene rings is 2. The predicted molar refractivity (Wildman–Crippen MR) is 125 cm³/mol. The van der Waals surface area contributed by atoms with Crippen LogP contribution in [-0.4, -0.2) is 31.0 Å². The number of nitrogens with zero attached hydrogens (tertiary/aromatic N) is 2. The Bertz CT molecular complexity index is 1160. The van der Waals surface area contributed by atoms with Gasteiger partial charge in [0.2, 0.25) is 0 Å². The summed E-state index contributed by atoms with van der Waals surface area (Å²) in [6.45, 7) is 1.23. The monoisotopic (exact) mass is 464 g/mol. The number of fused-ring (bicyclic) bond motifs is 1. The van der Waals surface area contributed by atoms with Gasteiger partial charge in [-0.3, -0.25) is 4.98 Å². The molecule has 1 saturated heterocycles. The molecule has 7 heteroatoms. The van der Waals surface area contributed by atoms with Gasteiger partial charge in [-0.05, 0) is 54.3 Å². The molecule has 1 fully saturated rings. The summed E-state index contributed by atoms with van der Waals surface area (Å²) in [5, 5.41) is 4.35. The van der Waals surface area contributed by atoms with E-state index >= 15 is 0 Å². The molecule has 3 aromatic rings. The maximum atomic E-state index is 14.6. The van der Waals surface area contributed by atoms with Gasteiger partial charge in [-0.1, -0.05) is 23.0 Å². The minimum Gasteiger partial charge on any atom is -0.381 e. The summed E-state index contributed by atoms with van der Waals surface area (Å²) in [7, 11) is 1.70. The van der Waals surface area contributed by atoms with Gasteiger partial charge in [0.1, 0.15) is 5.82 Å². The molecule has 5 nitrogen and oxygen atoms in total. The molecular formula is C26H25FN2O3S. The number of ether oxygens (including phenoxy) is 2. The van der Waals surface area contributed by atoms with Crippen LogP contribution < -0.4 is 4.84 Å². The third-order valence-electron chi connectivity index (χ3n) is 6.25. The standard InChI is InChI=1S/C26H25FN2O3S/c1-30-26(8-12-31-13-9-26)19-15-20(27)17-23(16-19)33-22-3-4-24-18(14-22)2-5-25(24)29-32-21-6-10-28-11-7-21/h3-4,6-7,10-11,14-17H,2,5,8-9,12-13H2,1H3/b29-25+. The smallest absolute Gasteiger partial charge is 0.161 e. The van der Waals surface area contributed by atoms with Gasteiger partial charge in [0.25, 0.3) is 0 Å². The minimum absolute atomic E-state index is 0.248. The molecule has 1 aromatic heterocycles. The molecule has 2 aromatic carbocycles. The third kappa shape index (κ3) is 4.81. The number of pyridine rings is 1. The first-order chi connectivity index (χ1) is 16.1. The van der Waals surface area contributed by atoms with Gasteiger partial charge in [0.05, 0.1) is 11.3 Å². The Kier molecular flexibility index (Phi) is 6.44. The maximum Gasteiger partial charge on any atom is 0.161 e. The lowest BCUT2D eigenvalue weighted by atomic mass is 9.86. The van der Waals surface area contributed by atoms with Crippen molar-refractivity contribution in [3.8, 4) is 5.75 Å². The van der Waals surface area contributed by atoms with Gasteiger partial charge in [0, 0.05) is 73.0 Å². The second-order valence-electron chi connectivity index (χ2n) is 8.22. The molecule has 1 aliphatic carbocycles. The number of methoxy groups -OCH3 is 1. The Hall–Kier alpha value is -2.74.